The van der Waals surface area contributed by atoms with E-state index in [9.17, 15) is 0 Å². The molecule has 16 heavy (non-hydrogen) atoms. The topological polar surface area (TPSA) is 0 Å². The van der Waals surface area contributed by atoms with E-state index in [1.165, 1.54) is 16.7 Å². The van der Waals surface area contributed by atoms with Crippen molar-refractivity contribution in [2.24, 2.45) is 0 Å². The van der Waals surface area contributed by atoms with Crippen molar-refractivity contribution in [3.8, 4) is 0 Å². The van der Waals surface area contributed by atoms with E-state index in [0.29, 0.717) is 0 Å². The minimum absolute atomic E-state index is 1.23. The fourth-order valence-corrected chi connectivity index (χ4v) is 1.19. The highest BCUT2D eigenvalue weighted by atomic mass is 14.1. The van der Waals surface area contributed by atoms with Gasteiger partial charge < -0.3 is 0 Å². The SMILES string of the molecule is C=C/C=C/C=C/C=C(C=C1C=C1)C=C1C=C1. The number of hydrogen-bond acceptors (Lipinski definition) is 0. The Kier molecular flexibility index (Phi) is 3.35. The van der Waals surface area contributed by atoms with Crippen molar-refractivity contribution in [1.82, 2.24) is 0 Å². The summed E-state index contributed by atoms with van der Waals surface area (Å²) in [6.07, 6.45) is 24.5. The van der Waals surface area contributed by atoms with Crippen LogP contribution in [0, 0.1) is 0 Å². The standard InChI is InChI=1S/C16H14/c1-2-3-4-5-6-7-16(12-14-8-9-14)13-15-10-11-15/h2-13H,1H2/b4-3+,6-5+. The molecule has 0 heterocycles. The molecule has 0 aliphatic heterocycles. The molecule has 0 unspecified atom stereocenters. The summed E-state index contributed by atoms with van der Waals surface area (Å²) >= 11 is 0. The maximum absolute atomic E-state index is 3.62. The smallest absolute Gasteiger partial charge is 0.0245 e. The van der Waals surface area contributed by atoms with Crippen LogP contribution in [0.2, 0.25) is 0 Å². The van der Waals surface area contributed by atoms with Crippen LogP contribution < -0.4 is 0 Å². The van der Waals surface area contributed by atoms with Crippen molar-refractivity contribution in [2.75, 3.05) is 0 Å². The van der Waals surface area contributed by atoms with Gasteiger partial charge in [0, 0.05) is 0 Å². The molecule has 0 aromatic rings. The zero-order valence-electron chi connectivity index (χ0n) is 9.14. The molecule has 2 rings (SSSR count). The van der Waals surface area contributed by atoms with Crippen LogP contribution in [0.15, 0.2) is 96.2 Å². The molecule has 0 radical (unpaired) electrons. The lowest BCUT2D eigenvalue weighted by molar-refractivity contribution is 1.65. The summed E-state index contributed by atoms with van der Waals surface area (Å²) < 4.78 is 0. The Hall–Kier alpha value is -2.08. The Morgan fingerprint density at radius 3 is 1.88 bits per heavy atom. The molecule has 78 valence electrons. The van der Waals surface area contributed by atoms with E-state index in [4.69, 9.17) is 0 Å². The van der Waals surface area contributed by atoms with E-state index >= 15 is 0 Å². The average molecular weight is 206 g/mol. The first-order valence-electron chi connectivity index (χ1n) is 5.34. The van der Waals surface area contributed by atoms with E-state index in [-0.39, 0.29) is 0 Å². The van der Waals surface area contributed by atoms with E-state index in [0.717, 1.165) is 0 Å². The second-order valence-corrected chi connectivity index (χ2v) is 3.63. The largest absolute Gasteiger partial charge is 0.0991 e. The first-order chi connectivity index (χ1) is 7.88. The third kappa shape index (κ3) is 3.97. The lowest BCUT2D eigenvalue weighted by Crippen LogP contribution is -1.70. The molecule has 0 bridgehead atoms. The molecule has 0 nitrogen and oxygen atoms in total. The second kappa shape index (κ2) is 5.13. The van der Waals surface area contributed by atoms with Gasteiger partial charge in [0.1, 0.15) is 0 Å². The minimum Gasteiger partial charge on any atom is -0.0991 e. The zero-order chi connectivity index (χ0) is 11.2. The molecular weight excluding hydrogens is 192 g/mol. The molecule has 0 spiro atoms. The van der Waals surface area contributed by atoms with Crippen LogP contribution in [0.5, 0.6) is 0 Å². The quantitative estimate of drug-likeness (QED) is 0.591. The van der Waals surface area contributed by atoms with Crippen LogP contribution >= 0.6 is 0 Å². The van der Waals surface area contributed by atoms with Gasteiger partial charge in [-0.25, -0.2) is 0 Å². The van der Waals surface area contributed by atoms with Gasteiger partial charge in [-0.3, -0.25) is 0 Å². The molecule has 2 aliphatic carbocycles. The van der Waals surface area contributed by atoms with E-state index < -0.39 is 0 Å². The molecule has 0 aromatic carbocycles. The van der Waals surface area contributed by atoms with Crippen LogP contribution in [0.3, 0.4) is 0 Å². The molecule has 0 heteroatoms. The summed E-state index contributed by atoms with van der Waals surface area (Å²) in [4.78, 5) is 0. The predicted molar refractivity (Wildman–Crippen MR) is 71.0 cm³/mol. The third-order valence-corrected chi connectivity index (χ3v) is 2.14. The highest BCUT2D eigenvalue weighted by Gasteiger charge is 2.02. The van der Waals surface area contributed by atoms with Gasteiger partial charge >= 0.3 is 0 Å². The first kappa shape index (κ1) is 10.4. The molecule has 0 saturated carbocycles. The summed E-state index contributed by atoms with van der Waals surface area (Å²) in [5, 5.41) is 0. The van der Waals surface area contributed by atoms with Crippen LogP contribution in [-0.4, -0.2) is 0 Å². The molecule has 0 N–H and O–H groups in total. The Labute approximate surface area is 96.7 Å². The second-order valence-electron chi connectivity index (χ2n) is 3.63. The minimum atomic E-state index is 1.23. The third-order valence-electron chi connectivity index (χ3n) is 2.14. The number of hydrogen-bond donors (Lipinski definition) is 0. The number of rotatable bonds is 5. The van der Waals surface area contributed by atoms with Crippen molar-refractivity contribution >= 4 is 0 Å². The Morgan fingerprint density at radius 2 is 1.38 bits per heavy atom. The van der Waals surface area contributed by atoms with Gasteiger partial charge in [-0.2, -0.15) is 0 Å². The Morgan fingerprint density at radius 1 is 0.812 bits per heavy atom. The van der Waals surface area contributed by atoms with Crippen molar-refractivity contribution in [3.63, 3.8) is 0 Å². The molecule has 0 amide bonds. The van der Waals surface area contributed by atoms with Crippen LogP contribution in [0.1, 0.15) is 0 Å². The van der Waals surface area contributed by atoms with Gasteiger partial charge in [-0.1, -0.05) is 67.3 Å². The molecule has 0 aromatic heterocycles. The summed E-state index contributed by atoms with van der Waals surface area (Å²) in [5.74, 6) is 0. The van der Waals surface area contributed by atoms with Crippen molar-refractivity contribution < 1.29 is 0 Å². The van der Waals surface area contributed by atoms with E-state index in [1.54, 1.807) is 6.08 Å². The van der Waals surface area contributed by atoms with Crippen molar-refractivity contribution in [1.29, 1.82) is 0 Å². The highest BCUT2D eigenvalue weighted by Crippen LogP contribution is 2.22. The summed E-state index contributed by atoms with van der Waals surface area (Å²) in [7, 11) is 0. The average Bonchev–Trinajstić information content (AvgIpc) is 3.12. The molecule has 0 saturated heterocycles. The molecule has 0 fully saturated rings. The van der Waals surface area contributed by atoms with Crippen LogP contribution in [-0.2, 0) is 0 Å². The Balaban J connectivity index is 1.99. The van der Waals surface area contributed by atoms with Gasteiger partial charge in [0.2, 0.25) is 0 Å². The van der Waals surface area contributed by atoms with E-state index in [1.807, 2.05) is 24.3 Å². The van der Waals surface area contributed by atoms with Gasteiger partial charge in [-0.05, 0) is 28.9 Å². The molecular formula is C16H14. The maximum atomic E-state index is 3.62. The van der Waals surface area contributed by atoms with Crippen molar-refractivity contribution in [3.05, 3.63) is 96.2 Å². The highest BCUT2D eigenvalue weighted by molar-refractivity contribution is 5.57. The zero-order valence-corrected chi connectivity index (χ0v) is 9.14. The summed E-state index contributed by atoms with van der Waals surface area (Å²) in [6, 6.07) is 0. The predicted octanol–water partition coefficient (Wildman–Crippen LogP) is 4.20. The fourth-order valence-electron chi connectivity index (χ4n) is 1.19. The van der Waals surface area contributed by atoms with Gasteiger partial charge in [0.05, 0.1) is 0 Å². The molecule has 0 atom stereocenters. The van der Waals surface area contributed by atoms with Crippen molar-refractivity contribution in [2.45, 2.75) is 0 Å². The van der Waals surface area contributed by atoms with Gasteiger partial charge in [0.15, 0.2) is 0 Å². The summed E-state index contributed by atoms with van der Waals surface area (Å²) in [6.45, 7) is 3.62. The fraction of sp³-hybridized carbons (Fsp3) is 0. The van der Waals surface area contributed by atoms with Crippen LogP contribution in [0.25, 0.3) is 0 Å². The normalized spacial score (nSPS) is 15.8. The summed E-state index contributed by atoms with van der Waals surface area (Å²) in [5.41, 5.74) is 3.83. The Bertz CT molecular complexity index is 440. The first-order valence-corrected chi connectivity index (χ1v) is 5.34. The molecule has 2 aliphatic rings. The van der Waals surface area contributed by atoms with E-state index in [2.05, 4.69) is 49.1 Å². The number of allylic oxidation sites excluding steroid dienone is 15. The van der Waals surface area contributed by atoms with Gasteiger partial charge in [0.25, 0.3) is 0 Å². The van der Waals surface area contributed by atoms with Gasteiger partial charge in [-0.15, -0.1) is 0 Å². The lowest BCUT2D eigenvalue weighted by atomic mass is 10.2. The maximum Gasteiger partial charge on any atom is -0.0245 e. The monoisotopic (exact) mass is 206 g/mol. The lowest BCUT2D eigenvalue weighted by Gasteiger charge is -1.90. The van der Waals surface area contributed by atoms with Crippen LogP contribution in [0.4, 0.5) is 0 Å².